The van der Waals surface area contributed by atoms with E-state index in [0.29, 0.717) is 23.0 Å². The molecule has 174 valence electrons. The molecule has 0 atom stereocenters. The molecule has 0 unspecified atom stereocenters. The van der Waals surface area contributed by atoms with Crippen LogP contribution in [0.5, 0.6) is 0 Å². The minimum absolute atomic E-state index is 0.0284. The van der Waals surface area contributed by atoms with Gasteiger partial charge < -0.3 is 16.0 Å². The van der Waals surface area contributed by atoms with Gasteiger partial charge in [-0.15, -0.1) is 0 Å². The van der Waals surface area contributed by atoms with Crippen LogP contribution in [0, 0.1) is 23.3 Å². The van der Waals surface area contributed by atoms with Gasteiger partial charge in [-0.1, -0.05) is 0 Å². The van der Waals surface area contributed by atoms with E-state index in [-0.39, 0.29) is 22.6 Å². The molecular weight excluding hydrogens is 456 g/mol. The summed E-state index contributed by atoms with van der Waals surface area (Å²) in [4.78, 5) is 30.6. The lowest BCUT2D eigenvalue weighted by Crippen LogP contribution is -2.39. The lowest BCUT2D eigenvalue weighted by Gasteiger charge is -2.23. The fourth-order valence-electron chi connectivity index (χ4n) is 3.41. The summed E-state index contributed by atoms with van der Waals surface area (Å²) in [5.74, 6) is -5.67. The largest absolute Gasteiger partial charge is 0.383 e. The Kier molecular flexibility index (Phi) is 6.13. The minimum Gasteiger partial charge on any atom is -0.383 e. The number of nitrogen functional groups attached to an aromatic ring is 1. The second-order valence-electron chi connectivity index (χ2n) is 7.39. The van der Waals surface area contributed by atoms with Crippen LogP contribution < -0.4 is 11.1 Å². The van der Waals surface area contributed by atoms with Crippen LogP contribution >= 0.6 is 0 Å². The first kappa shape index (κ1) is 22.7. The first-order chi connectivity index (χ1) is 16.2. The molecule has 0 aliphatic rings. The van der Waals surface area contributed by atoms with E-state index in [4.69, 9.17) is 5.73 Å². The van der Waals surface area contributed by atoms with Crippen LogP contribution in [0.25, 0.3) is 10.9 Å². The van der Waals surface area contributed by atoms with E-state index in [0.717, 1.165) is 29.2 Å². The van der Waals surface area contributed by atoms with E-state index in [1.807, 2.05) is 0 Å². The summed E-state index contributed by atoms with van der Waals surface area (Å²) < 4.78 is 54.6. The number of nitrogens with zero attached hydrogens (tertiary/aromatic N) is 3. The minimum atomic E-state index is -1.13. The van der Waals surface area contributed by atoms with Gasteiger partial charge in [0.05, 0.1) is 29.0 Å². The van der Waals surface area contributed by atoms with Crippen LogP contribution in [0.3, 0.4) is 0 Å². The van der Waals surface area contributed by atoms with E-state index in [1.165, 1.54) is 12.4 Å². The highest BCUT2D eigenvalue weighted by Gasteiger charge is 2.24. The van der Waals surface area contributed by atoms with Crippen molar-refractivity contribution < 1.29 is 27.2 Å². The number of halogens is 4. The Hall–Kier alpha value is -4.48. The molecule has 2 heterocycles. The van der Waals surface area contributed by atoms with Crippen molar-refractivity contribution in [2.45, 2.75) is 13.1 Å². The molecule has 4 N–H and O–H groups in total. The lowest BCUT2D eigenvalue weighted by atomic mass is 10.1. The standard InChI is InChI=1S/C22H16F4N6O2/c23-13-1-11(2-14(24)5-13)9-32(10-12-3-15(25)6-16(26)4-12)22(34)21(33)30-18-8-28-20(27)17-7-29-31-19(17)18/h1-8H,9-10H2,(H2,27,28)(H,29,31)(H,30,33). The van der Waals surface area contributed by atoms with Crippen LogP contribution in [0.15, 0.2) is 48.8 Å². The predicted molar refractivity (Wildman–Crippen MR) is 114 cm³/mol. The molecule has 2 aromatic carbocycles. The monoisotopic (exact) mass is 472 g/mol. The second kappa shape index (κ2) is 9.17. The maximum Gasteiger partial charge on any atom is 0.314 e. The van der Waals surface area contributed by atoms with E-state index in [1.54, 1.807) is 0 Å². The van der Waals surface area contributed by atoms with E-state index in [9.17, 15) is 27.2 Å². The predicted octanol–water partition coefficient (Wildman–Crippen LogP) is 3.26. The fraction of sp³-hybridized carbons (Fsp3) is 0.0909. The molecule has 0 saturated carbocycles. The third-order valence-corrected chi connectivity index (χ3v) is 4.84. The van der Waals surface area contributed by atoms with Gasteiger partial charge in [-0.3, -0.25) is 14.7 Å². The summed E-state index contributed by atoms with van der Waals surface area (Å²) in [7, 11) is 0. The van der Waals surface area contributed by atoms with Gasteiger partial charge in [0.15, 0.2) is 0 Å². The van der Waals surface area contributed by atoms with E-state index < -0.39 is 48.2 Å². The molecule has 4 aromatic rings. The van der Waals surface area contributed by atoms with Gasteiger partial charge in [0.25, 0.3) is 0 Å². The summed E-state index contributed by atoms with van der Waals surface area (Å²) in [6.07, 6.45) is 2.60. The number of fused-ring (bicyclic) bond motifs is 1. The number of aromatic amines is 1. The van der Waals surface area contributed by atoms with Crippen LogP contribution in [0.2, 0.25) is 0 Å². The van der Waals surface area contributed by atoms with Gasteiger partial charge in [-0.2, -0.15) is 5.10 Å². The summed E-state index contributed by atoms with van der Waals surface area (Å²) >= 11 is 0. The summed E-state index contributed by atoms with van der Waals surface area (Å²) in [6.45, 7) is -0.836. The van der Waals surface area contributed by atoms with Crippen molar-refractivity contribution in [3.8, 4) is 0 Å². The number of hydrogen-bond acceptors (Lipinski definition) is 5. The van der Waals surface area contributed by atoms with Crippen LogP contribution in [-0.4, -0.2) is 31.9 Å². The molecule has 0 radical (unpaired) electrons. The first-order valence-corrected chi connectivity index (χ1v) is 9.77. The van der Waals surface area contributed by atoms with Crippen molar-refractivity contribution in [1.82, 2.24) is 20.1 Å². The zero-order valence-corrected chi connectivity index (χ0v) is 17.3. The maximum atomic E-state index is 13.7. The highest BCUT2D eigenvalue weighted by Crippen LogP contribution is 2.24. The summed E-state index contributed by atoms with van der Waals surface area (Å²) in [5.41, 5.74) is 6.23. The van der Waals surface area contributed by atoms with Crippen LogP contribution in [0.4, 0.5) is 29.1 Å². The molecule has 0 saturated heterocycles. The number of anilines is 2. The molecule has 0 aliphatic carbocycles. The molecule has 2 amide bonds. The third kappa shape index (κ3) is 4.95. The SMILES string of the molecule is Nc1ncc(NC(=O)C(=O)N(Cc2cc(F)cc(F)c2)Cc2cc(F)cc(F)c2)c2[nH]ncc12. The molecule has 0 spiro atoms. The smallest absolute Gasteiger partial charge is 0.314 e. The Bertz CT molecular complexity index is 1310. The quantitative estimate of drug-likeness (QED) is 0.305. The molecule has 34 heavy (non-hydrogen) atoms. The Labute approximate surface area is 189 Å². The number of rotatable bonds is 5. The number of carbonyl (C=O) groups is 2. The number of nitrogens with one attached hydrogen (secondary N) is 2. The first-order valence-electron chi connectivity index (χ1n) is 9.77. The van der Waals surface area contributed by atoms with Crippen molar-refractivity contribution in [1.29, 1.82) is 0 Å². The summed E-state index contributed by atoms with van der Waals surface area (Å²) in [5, 5.41) is 9.24. The van der Waals surface area contributed by atoms with Gasteiger partial charge >= 0.3 is 11.8 Å². The van der Waals surface area contributed by atoms with Crippen LogP contribution in [-0.2, 0) is 22.7 Å². The summed E-state index contributed by atoms with van der Waals surface area (Å²) in [6, 6.07) is 5.20. The highest BCUT2D eigenvalue weighted by atomic mass is 19.1. The Morgan fingerprint density at radius 2 is 1.41 bits per heavy atom. The van der Waals surface area contributed by atoms with Gasteiger partial charge in [0, 0.05) is 25.2 Å². The van der Waals surface area contributed by atoms with Gasteiger partial charge in [0.1, 0.15) is 29.1 Å². The van der Waals surface area contributed by atoms with Crippen molar-refractivity contribution >= 4 is 34.2 Å². The number of pyridine rings is 1. The maximum absolute atomic E-state index is 13.7. The average molecular weight is 472 g/mol. The lowest BCUT2D eigenvalue weighted by molar-refractivity contribution is -0.144. The molecule has 0 bridgehead atoms. The molecule has 0 fully saturated rings. The zero-order valence-electron chi connectivity index (χ0n) is 17.3. The topological polar surface area (TPSA) is 117 Å². The number of nitrogens with two attached hydrogens (primary N) is 1. The van der Waals surface area contributed by atoms with Crippen molar-refractivity contribution in [2.24, 2.45) is 0 Å². The molecule has 8 nitrogen and oxygen atoms in total. The van der Waals surface area contributed by atoms with E-state index in [2.05, 4.69) is 20.5 Å². The molecule has 2 aromatic heterocycles. The van der Waals surface area contributed by atoms with Gasteiger partial charge in [0.2, 0.25) is 0 Å². The number of hydrogen-bond donors (Lipinski definition) is 3. The number of amides is 2. The van der Waals surface area contributed by atoms with Crippen molar-refractivity contribution in [3.63, 3.8) is 0 Å². The highest BCUT2D eigenvalue weighted by molar-refractivity contribution is 6.40. The van der Waals surface area contributed by atoms with Crippen molar-refractivity contribution in [3.05, 3.63) is 83.2 Å². The number of carbonyl (C=O) groups excluding carboxylic acids is 2. The average Bonchev–Trinajstić information content (AvgIpc) is 3.24. The Balaban J connectivity index is 1.63. The Morgan fingerprint density at radius 3 is 1.94 bits per heavy atom. The molecule has 0 aliphatic heterocycles. The number of benzene rings is 2. The van der Waals surface area contributed by atoms with Crippen LogP contribution in [0.1, 0.15) is 11.1 Å². The molecule has 12 heteroatoms. The number of H-pyrrole nitrogens is 1. The molecule has 4 rings (SSSR count). The van der Waals surface area contributed by atoms with Gasteiger partial charge in [-0.05, 0) is 35.4 Å². The number of aromatic nitrogens is 3. The van der Waals surface area contributed by atoms with E-state index >= 15 is 0 Å². The third-order valence-electron chi connectivity index (χ3n) is 4.84. The fourth-order valence-corrected chi connectivity index (χ4v) is 3.41. The molecular formula is C22H16F4N6O2. The Morgan fingerprint density at radius 1 is 0.882 bits per heavy atom. The second-order valence-corrected chi connectivity index (χ2v) is 7.39. The zero-order chi connectivity index (χ0) is 24.4. The van der Waals surface area contributed by atoms with Crippen molar-refractivity contribution in [2.75, 3.05) is 11.1 Å². The normalized spacial score (nSPS) is 10.9. The van der Waals surface area contributed by atoms with Gasteiger partial charge in [-0.25, -0.2) is 22.5 Å².